The maximum absolute atomic E-state index is 2.40. The van der Waals surface area contributed by atoms with Crippen LogP contribution in [0.1, 0.15) is 53.9 Å². The first-order chi connectivity index (χ1) is 6.20. The summed E-state index contributed by atoms with van der Waals surface area (Å²) in [5.41, 5.74) is 0. The summed E-state index contributed by atoms with van der Waals surface area (Å²) in [6.45, 7) is 13.2. The van der Waals surface area contributed by atoms with Gasteiger partial charge in [-0.3, -0.25) is 0 Å². The molecule has 0 unspecified atom stereocenters. The standard InChI is InChI=1S/C7H15N.C3H8.C2H6/c1-7-3-5-8(2)6-4-7;1-3-2;1-2/h7H,3-6H2,1-2H3;3H2,1-2H3;1-2H3. The Morgan fingerprint density at radius 1 is 1.08 bits per heavy atom. The van der Waals surface area contributed by atoms with Crippen molar-refractivity contribution in [1.82, 2.24) is 4.90 Å². The highest BCUT2D eigenvalue weighted by Crippen LogP contribution is 2.13. The van der Waals surface area contributed by atoms with Crippen molar-refractivity contribution in [3.63, 3.8) is 0 Å². The average Bonchev–Trinajstić information content (AvgIpc) is 2.15. The minimum atomic E-state index is 0.978. The van der Waals surface area contributed by atoms with E-state index in [0.717, 1.165) is 5.92 Å². The van der Waals surface area contributed by atoms with Crippen LogP contribution in [0.4, 0.5) is 0 Å². The Hall–Kier alpha value is -0.0400. The van der Waals surface area contributed by atoms with E-state index in [9.17, 15) is 0 Å². The highest BCUT2D eigenvalue weighted by atomic mass is 15.1. The van der Waals surface area contributed by atoms with Crippen LogP contribution in [-0.2, 0) is 0 Å². The average molecular weight is 187 g/mol. The smallest absolute Gasteiger partial charge is 0.00192 e. The lowest BCUT2D eigenvalue weighted by Crippen LogP contribution is -2.28. The molecule has 1 rings (SSSR count). The van der Waals surface area contributed by atoms with Crippen LogP contribution in [0, 0.1) is 5.92 Å². The van der Waals surface area contributed by atoms with Gasteiger partial charge in [0.2, 0.25) is 0 Å². The van der Waals surface area contributed by atoms with E-state index < -0.39 is 0 Å². The van der Waals surface area contributed by atoms with Gasteiger partial charge in [0.25, 0.3) is 0 Å². The van der Waals surface area contributed by atoms with Gasteiger partial charge in [0.05, 0.1) is 0 Å². The third-order valence-electron chi connectivity index (χ3n) is 2.01. The van der Waals surface area contributed by atoms with Crippen molar-refractivity contribution in [1.29, 1.82) is 0 Å². The summed E-state index contributed by atoms with van der Waals surface area (Å²) in [5, 5.41) is 0. The van der Waals surface area contributed by atoms with Crippen molar-refractivity contribution in [2.75, 3.05) is 20.1 Å². The Kier molecular flexibility index (Phi) is 14.2. The molecule has 1 aliphatic rings. The first kappa shape index (κ1) is 15.4. The zero-order valence-corrected chi connectivity index (χ0v) is 10.6. The van der Waals surface area contributed by atoms with Crippen LogP contribution in [0.5, 0.6) is 0 Å². The van der Waals surface area contributed by atoms with Crippen LogP contribution in [0.2, 0.25) is 0 Å². The Bertz CT molecular complexity index is 63.2. The number of nitrogens with zero attached hydrogens (tertiary/aromatic N) is 1. The third-order valence-corrected chi connectivity index (χ3v) is 2.01. The van der Waals surface area contributed by atoms with Crippen LogP contribution >= 0.6 is 0 Å². The van der Waals surface area contributed by atoms with Gasteiger partial charge in [-0.15, -0.1) is 0 Å². The van der Waals surface area contributed by atoms with Crippen LogP contribution < -0.4 is 0 Å². The zero-order chi connectivity index (χ0) is 10.7. The van der Waals surface area contributed by atoms with Crippen molar-refractivity contribution in [3.8, 4) is 0 Å². The Labute approximate surface area is 85.5 Å². The van der Waals surface area contributed by atoms with Crippen molar-refractivity contribution < 1.29 is 0 Å². The van der Waals surface area contributed by atoms with Gasteiger partial charge in [0, 0.05) is 0 Å². The molecular weight excluding hydrogens is 158 g/mol. The molecule has 0 radical (unpaired) electrons. The van der Waals surface area contributed by atoms with Gasteiger partial charge in [-0.25, -0.2) is 0 Å². The van der Waals surface area contributed by atoms with E-state index in [0.29, 0.717) is 0 Å². The molecule has 1 heterocycles. The van der Waals surface area contributed by atoms with E-state index in [2.05, 4.69) is 32.7 Å². The summed E-state index contributed by atoms with van der Waals surface area (Å²) in [6.07, 6.45) is 4.05. The molecule has 1 aliphatic heterocycles. The zero-order valence-electron chi connectivity index (χ0n) is 10.6. The highest BCUT2D eigenvalue weighted by Gasteiger charge is 2.10. The normalized spacial score (nSPS) is 18.0. The van der Waals surface area contributed by atoms with Gasteiger partial charge in [-0.05, 0) is 38.9 Å². The predicted molar refractivity (Wildman–Crippen MR) is 63.2 cm³/mol. The molecule has 0 amide bonds. The fourth-order valence-corrected chi connectivity index (χ4v) is 1.14. The van der Waals surface area contributed by atoms with E-state index in [1.165, 1.54) is 32.4 Å². The van der Waals surface area contributed by atoms with Crippen LogP contribution in [0.3, 0.4) is 0 Å². The molecule has 0 saturated carbocycles. The number of hydrogen-bond donors (Lipinski definition) is 0. The second kappa shape index (κ2) is 12.0. The molecule has 82 valence electrons. The number of likely N-dealkylation sites (tertiary alicyclic amines) is 1. The molecule has 1 nitrogen and oxygen atoms in total. The van der Waals surface area contributed by atoms with Crippen molar-refractivity contribution in [3.05, 3.63) is 0 Å². The topological polar surface area (TPSA) is 3.24 Å². The van der Waals surface area contributed by atoms with E-state index in [1.807, 2.05) is 13.8 Å². The lowest BCUT2D eigenvalue weighted by atomic mass is 10.00. The molecule has 0 spiro atoms. The predicted octanol–water partition coefficient (Wildman–Crippen LogP) is 3.79. The summed E-state index contributed by atoms with van der Waals surface area (Å²) in [5.74, 6) is 0.978. The van der Waals surface area contributed by atoms with Gasteiger partial charge < -0.3 is 4.90 Å². The van der Waals surface area contributed by atoms with E-state index in [-0.39, 0.29) is 0 Å². The minimum absolute atomic E-state index is 0.978. The molecule has 0 aliphatic carbocycles. The van der Waals surface area contributed by atoms with Crippen molar-refractivity contribution in [2.45, 2.75) is 53.9 Å². The lowest BCUT2D eigenvalue weighted by Gasteiger charge is -2.26. The van der Waals surface area contributed by atoms with E-state index >= 15 is 0 Å². The number of piperidine rings is 1. The largest absolute Gasteiger partial charge is 0.306 e. The number of rotatable bonds is 0. The molecule has 1 saturated heterocycles. The van der Waals surface area contributed by atoms with Crippen LogP contribution in [0.15, 0.2) is 0 Å². The molecule has 0 aromatic heterocycles. The third kappa shape index (κ3) is 12.0. The summed E-state index contributed by atoms with van der Waals surface area (Å²) in [7, 11) is 2.20. The molecule has 0 atom stereocenters. The second-order valence-corrected chi connectivity index (χ2v) is 3.69. The Morgan fingerprint density at radius 2 is 1.38 bits per heavy atom. The van der Waals surface area contributed by atoms with Crippen LogP contribution in [-0.4, -0.2) is 25.0 Å². The van der Waals surface area contributed by atoms with Gasteiger partial charge in [-0.2, -0.15) is 0 Å². The maximum Gasteiger partial charge on any atom is -0.00192 e. The van der Waals surface area contributed by atoms with Gasteiger partial charge in [-0.1, -0.05) is 41.0 Å². The first-order valence-corrected chi connectivity index (χ1v) is 5.89. The molecular formula is C12H29N. The maximum atomic E-state index is 2.40. The fourth-order valence-electron chi connectivity index (χ4n) is 1.14. The van der Waals surface area contributed by atoms with E-state index in [1.54, 1.807) is 0 Å². The molecule has 0 bridgehead atoms. The SMILES string of the molecule is CC.CC1CCN(C)CC1.CCC. The molecule has 0 aromatic rings. The second-order valence-electron chi connectivity index (χ2n) is 3.69. The van der Waals surface area contributed by atoms with E-state index in [4.69, 9.17) is 0 Å². The fraction of sp³-hybridized carbons (Fsp3) is 1.00. The first-order valence-electron chi connectivity index (χ1n) is 5.89. The van der Waals surface area contributed by atoms with Crippen LogP contribution in [0.25, 0.3) is 0 Å². The molecule has 0 N–H and O–H groups in total. The highest BCUT2D eigenvalue weighted by molar-refractivity contribution is 4.65. The molecule has 13 heavy (non-hydrogen) atoms. The summed E-state index contributed by atoms with van der Waals surface area (Å²) in [4.78, 5) is 2.40. The monoisotopic (exact) mass is 187 g/mol. The summed E-state index contributed by atoms with van der Waals surface area (Å²) >= 11 is 0. The van der Waals surface area contributed by atoms with Crippen molar-refractivity contribution in [2.24, 2.45) is 5.92 Å². The Balaban J connectivity index is 0. The van der Waals surface area contributed by atoms with Crippen molar-refractivity contribution >= 4 is 0 Å². The number of hydrogen-bond acceptors (Lipinski definition) is 1. The molecule has 1 heteroatoms. The van der Waals surface area contributed by atoms with Gasteiger partial charge >= 0.3 is 0 Å². The van der Waals surface area contributed by atoms with Gasteiger partial charge in [0.1, 0.15) is 0 Å². The molecule has 0 aromatic carbocycles. The summed E-state index contributed by atoms with van der Waals surface area (Å²) in [6, 6.07) is 0. The Morgan fingerprint density at radius 3 is 1.62 bits per heavy atom. The lowest BCUT2D eigenvalue weighted by molar-refractivity contribution is 0.230. The summed E-state index contributed by atoms with van der Waals surface area (Å²) < 4.78 is 0. The van der Waals surface area contributed by atoms with Gasteiger partial charge in [0.15, 0.2) is 0 Å². The quantitative estimate of drug-likeness (QED) is 0.558. The molecule has 1 fully saturated rings. The minimum Gasteiger partial charge on any atom is -0.306 e.